The minimum Gasteiger partial charge on any atom is -0.310 e. The normalized spacial score (nSPS) is 14.8. The molecule has 1 aliphatic carbocycles. The van der Waals surface area contributed by atoms with Crippen LogP contribution in [0.2, 0.25) is 0 Å². The highest BCUT2D eigenvalue weighted by Gasteiger charge is 2.18. The van der Waals surface area contributed by atoms with Gasteiger partial charge in [0.15, 0.2) is 0 Å². The van der Waals surface area contributed by atoms with Gasteiger partial charge in [-0.05, 0) is 38.1 Å². The number of aromatic nitrogens is 4. The van der Waals surface area contributed by atoms with Crippen molar-refractivity contribution < 1.29 is 0 Å². The van der Waals surface area contributed by atoms with Crippen LogP contribution in [0.3, 0.4) is 0 Å². The first-order chi connectivity index (χ1) is 9.74. The smallest absolute Gasteiger partial charge is 0.217 e. The summed E-state index contributed by atoms with van der Waals surface area (Å²) in [5.74, 6) is 0.656. The molecule has 0 fully saturated rings. The Morgan fingerprint density at radius 2 is 2.15 bits per heavy atom. The number of hydrogen-bond acceptors (Lipinski definition) is 5. The van der Waals surface area contributed by atoms with E-state index in [4.69, 9.17) is 0 Å². The van der Waals surface area contributed by atoms with Crippen molar-refractivity contribution in [2.75, 3.05) is 6.54 Å². The van der Waals surface area contributed by atoms with Crippen molar-refractivity contribution >= 4 is 11.3 Å². The standard InChI is InChI=1S/C14H21N5S/c1-10(2)7-15-8-13-17-18-14(20-13)19-9-16-11-5-3-4-6-12(11)19/h9-10,15H,3-8H2,1-2H3. The lowest BCUT2D eigenvalue weighted by Gasteiger charge is -2.11. The molecule has 0 bridgehead atoms. The fraction of sp³-hybridized carbons (Fsp3) is 0.643. The molecule has 0 aliphatic heterocycles. The Kier molecular flexibility index (Phi) is 4.12. The monoisotopic (exact) mass is 291 g/mol. The van der Waals surface area contributed by atoms with Crippen LogP contribution in [0, 0.1) is 5.92 Å². The van der Waals surface area contributed by atoms with Gasteiger partial charge in [0, 0.05) is 12.2 Å². The van der Waals surface area contributed by atoms with Crippen molar-refractivity contribution in [3.05, 3.63) is 22.7 Å². The summed E-state index contributed by atoms with van der Waals surface area (Å²) >= 11 is 1.65. The van der Waals surface area contributed by atoms with Crippen LogP contribution in [0.15, 0.2) is 6.33 Å². The molecule has 108 valence electrons. The summed E-state index contributed by atoms with van der Waals surface area (Å²) in [6.45, 7) is 6.22. The van der Waals surface area contributed by atoms with Crippen molar-refractivity contribution in [2.24, 2.45) is 5.92 Å². The second kappa shape index (κ2) is 6.01. The van der Waals surface area contributed by atoms with Gasteiger partial charge in [0.1, 0.15) is 11.3 Å². The molecule has 1 aliphatic rings. The molecule has 0 atom stereocenters. The first kappa shape index (κ1) is 13.7. The van der Waals surface area contributed by atoms with Crippen LogP contribution in [0.4, 0.5) is 0 Å². The third kappa shape index (κ3) is 2.91. The summed E-state index contributed by atoms with van der Waals surface area (Å²) in [5, 5.41) is 14.0. The Morgan fingerprint density at radius 3 is 3.00 bits per heavy atom. The van der Waals surface area contributed by atoms with Crippen LogP contribution in [-0.4, -0.2) is 26.3 Å². The summed E-state index contributed by atoms with van der Waals surface area (Å²) < 4.78 is 2.12. The van der Waals surface area contributed by atoms with Gasteiger partial charge in [0.2, 0.25) is 5.13 Å². The number of imidazole rings is 1. The lowest BCUT2D eigenvalue weighted by Crippen LogP contribution is -2.18. The zero-order valence-electron chi connectivity index (χ0n) is 12.1. The zero-order chi connectivity index (χ0) is 13.9. The van der Waals surface area contributed by atoms with Gasteiger partial charge in [-0.25, -0.2) is 4.98 Å². The van der Waals surface area contributed by atoms with E-state index in [1.165, 1.54) is 24.2 Å². The molecule has 0 amide bonds. The van der Waals surface area contributed by atoms with Crippen molar-refractivity contribution in [2.45, 2.75) is 46.1 Å². The molecule has 0 saturated heterocycles. The van der Waals surface area contributed by atoms with Crippen LogP contribution in [0.25, 0.3) is 5.13 Å². The largest absolute Gasteiger partial charge is 0.310 e. The van der Waals surface area contributed by atoms with Gasteiger partial charge in [-0.2, -0.15) is 0 Å². The van der Waals surface area contributed by atoms with Gasteiger partial charge < -0.3 is 5.32 Å². The maximum atomic E-state index is 4.51. The molecule has 2 aromatic heterocycles. The molecule has 6 heteroatoms. The quantitative estimate of drug-likeness (QED) is 0.918. The first-order valence-electron chi connectivity index (χ1n) is 7.32. The number of nitrogens with zero attached hydrogens (tertiary/aromatic N) is 4. The third-order valence-corrected chi connectivity index (χ3v) is 4.44. The van der Waals surface area contributed by atoms with Gasteiger partial charge >= 0.3 is 0 Å². The number of fused-ring (bicyclic) bond motifs is 1. The van der Waals surface area contributed by atoms with Crippen molar-refractivity contribution in [3.63, 3.8) is 0 Å². The molecule has 0 spiro atoms. The van der Waals surface area contributed by atoms with Crippen LogP contribution in [-0.2, 0) is 19.4 Å². The van der Waals surface area contributed by atoms with Gasteiger partial charge in [-0.15, -0.1) is 10.2 Å². The molecule has 2 heterocycles. The summed E-state index contributed by atoms with van der Waals surface area (Å²) in [6.07, 6.45) is 6.62. The Hall–Kier alpha value is -1.27. The third-order valence-electron chi connectivity index (χ3n) is 3.52. The average Bonchev–Trinajstić information content (AvgIpc) is 3.04. The predicted molar refractivity (Wildman–Crippen MR) is 80.2 cm³/mol. The van der Waals surface area contributed by atoms with Crippen molar-refractivity contribution in [1.82, 2.24) is 25.1 Å². The Balaban J connectivity index is 1.72. The highest BCUT2D eigenvalue weighted by Crippen LogP contribution is 2.24. The second-order valence-electron chi connectivity index (χ2n) is 5.72. The Labute approximate surface area is 123 Å². The molecule has 2 aromatic rings. The van der Waals surface area contributed by atoms with Crippen LogP contribution in [0.1, 0.15) is 43.1 Å². The van der Waals surface area contributed by atoms with E-state index < -0.39 is 0 Å². The van der Waals surface area contributed by atoms with Gasteiger partial charge in [0.05, 0.1) is 5.69 Å². The molecule has 20 heavy (non-hydrogen) atoms. The average molecular weight is 291 g/mol. The van der Waals surface area contributed by atoms with E-state index >= 15 is 0 Å². The van der Waals surface area contributed by atoms with Crippen LogP contribution >= 0.6 is 11.3 Å². The fourth-order valence-electron chi connectivity index (χ4n) is 2.52. The lowest BCUT2D eigenvalue weighted by atomic mass is 10.0. The molecule has 1 N–H and O–H groups in total. The zero-order valence-corrected chi connectivity index (χ0v) is 12.9. The van der Waals surface area contributed by atoms with Gasteiger partial charge in [-0.1, -0.05) is 25.2 Å². The van der Waals surface area contributed by atoms with E-state index in [0.717, 1.165) is 36.1 Å². The van der Waals surface area contributed by atoms with E-state index in [2.05, 4.69) is 38.9 Å². The summed E-state index contributed by atoms with van der Waals surface area (Å²) in [4.78, 5) is 4.51. The first-order valence-corrected chi connectivity index (χ1v) is 8.14. The molecule has 0 saturated carbocycles. The molecule has 3 rings (SSSR count). The fourth-order valence-corrected chi connectivity index (χ4v) is 3.32. The maximum Gasteiger partial charge on any atom is 0.217 e. The molecular formula is C14H21N5S. The summed E-state index contributed by atoms with van der Waals surface area (Å²) in [6, 6.07) is 0. The van der Waals surface area contributed by atoms with E-state index in [1.54, 1.807) is 11.3 Å². The molecular weight excluding hydrogens is 270 g/mol. The number of hydrogen-bond donors (Lipinski definition) is 1. The Morgan fingerprint density at radius 1 is 1.30 bits per heavy atom. The maximum absolute atomic E-state index is 4.51. The minimum absolute atomic E-state index is 0.656. The highest BCUT2D eigenvalue weighted by atomic mass is 32.1. The van der Waals surface area contributed by atoms with Crippen molar-refractivity contribution in [1.29, 1.82) is 0 Å². The van der Waals surface area contributed by atoms with Gasteiger partial charge in [0.25, 0.3) is 0 Å². The number of rotatable bonds is 5. The second-order valence-corrected chi connectivity index (χ2v) is 6.76. The summed E-state index contributed by atoms with van der Waals surface area (Å²) in [7, 11) is 0. The van der Waals surface area contributed by atoms with Crippen molar-refractivity contribution in [3.8, 4) is 5.13 Å². The number of nitrogens with one attached hydrogen (secondary N) is 1. The summed E-state index contributed by atoms with van der Waals surface area (Å²) in [5.41, 5.74) is 2.57. The van der Waals surface area contributed by atoms with Gasteiger partial charge in [-0.3, -0.25) is 4.57 Å². The minimum atomic E-state index is 0.656. The molecule has 5 nitrogen and oxygen atoms in total. The topological polar surface area (TPSA) is 55.6 Å². The predicted octanol–water partition coefficient (Wildman–Crippen LogP) is 2.35. The van der Waals surface area contributed by atoms with E-state index in [1.807, 2.05) is 6.33 Å². The molecule has 0 radical (unpaired) electrons. The van der Waals surface area contributed by atoms with E-state index in [9.17, 15) is 0 Å². The lowest BCUT2D eigenvalue weighted by molar-refractivity contribution is 0.550. The van der Waals surface area contributed by atoms with Crippen LogP contribution < -0.4 is 5.32 Å². The van der Waals surface area contributed by atoms with E-state index in [-0.39, 0.29) is 0 Å². The van der Waals surface area contributed by atoms with E-state index in [0.29, 0.717) is 5.92 Å². The number of aryl methyl sites for hydroxylation is 1. The molecule has 0 unspecified atom stereocenters. The molecule has 0 aromatic carbocycles. The van der Waals surface area contributed by atoms with Crippen LogP contribution in [0.5, 0.6) is 0 Å². The highest BCUT2D eigenvalue weighted by molar-refractivity contribution is 7.13. The SMILES string of the molecule is CC(C)CNCc1nnc(-n2cnc3c2CCCC3)s1. The Bertz CT molecular complexity index is 572.